The molecule has 0 spiro atoms. The largest absolute Gasteiger partial charge is 0.352 e. The van der Waals surface area contributed by atoms with E-state index >= 15 is 0 Å². The fourth-order valence-corrected chi connectivity index (χ4v) is 4.12. The molecule has 1 fully saturated rings. The van der Waals surface area contributed by atoms with Gasteiger partial charge in [-0.1, -0.05) is 12.1 Å². The van der Waals surface area contributed by atoms with Gasteiger partial charge in [-0.05, 0) is 55.3 Å². The fraction of sp³-hybridized carbons (Fsp3) is 0.316. The third kappa shape index (κ3) is 5.22. The summed E-state index contributed by atoms with van der Waals surface area (Å²) in [6.07, 6.45) is 0. The van der Waals surface area contributed by atoms with Gasteiger partial charge in [-0.15, -0.1) is 12.4 Å². The van der Waals surface area contributed by atoms with Gasteiger partial charge in [0, 0.05) is 36.8 Å². The van der Waals surface area contributed by atoms with Crippen LogP contribution in [-0.2, 0) is 10.0 Å². The topological polar surface area (TPSA) is 87.3 Å². The third-order valence-electron chi connectivity index (χ3n) is 4.45. The van der Waals surface area contributed by atoms with Crippen LogP contribution in [0.25, 0.3) is 0 Å². The number of anilines is 1. The molecule has 0 bridgehead atoms. The predicted octanol–water partition coefficient (Wildman–Crippen LogP) is 2.48. The molecule has 0 aromatic heterocycles. The van der Waals surface area contributed by atoms with Gasteiger partial charge in [-0.3, -0.25) is 9.52 Å². The molecule has 146 valence electrons. The van der Waals surface area contributed by atoms with Crippen LogP contribution in [0.1, 0.15) is 21.5 Å². The summed E-state index contributed by atoms with van der Waals surface area (Å²) in [7, 11) is -3.67. The lowest BCUT2D eigenvalue weighted by Gasteiger charge is -2.27. The molecule has 3 N–H and O–H groups in total. The lowest BCUT2D eigenvalue weighted by atomic mass is 10.0. The minimum atomic E-state index is -3.67. The maximum atomic E-state index is 12.6. The predicted molar refractivity (Wildman–Crippen MR) is 109 cm³/mol. The summed E-state index contributed by atoms with van der Waals surface area (Å²) in [4.78, 5) is 12.4. The Hall–Kier alpha value is -2.09. The van der Waals surface area contributed by atoms with E-state index in [1.54, 1.807) is 43.3 Å². The Bertz CT molecular complexity index is 910. The molecular weight excluding hydrogens is 386 g/mol. The van der Waals surface area contributed by atoms with Crippen LogP contribution in [0.15, 0.2) is 47.4 Å². The van der Waals surface area contributed by atoms with E-state index in [4.69, 9.17) is 0 Å². The normalized spacial score (nSPS) is 14.0. The van der Waals surface area contributed by atoms with Gasteiger partial charge in [0.1, 0.15) is 0 Å². The molecule has 1 aliphatic heterocycles. The number of benzene rings is 2. The van der Waals surface area contributed by atoms with Crippen molar-refractivity contribution in [1.29, 1.82) is 0 Å². The van der Waals surface area contributed by atoms with E-state index in [1.165, 1.54) is 0 Å². The maximum absolute atomic E-state index is 12.6. The standard InChI is InChI=1S/C19H23N3O3S.ClH/c1-13-3-4-14(2)18(9-13)26(24,25)22-17-7-5-16(6-8-17)19(23)21-12-15-10-20-11-15;/h3-9,15,20,22H,10-12H2,1-2H3,(H,21,23);1H. The molecule has 2 aromatic carbocycles. The van der Waals surface area contributed by atoms with Crippen molar-refractivity contribution in [1.82, 2.24) is 10.6 Å². The Labute approximate surface area is 166 Å². The fourth-order valence-electron chi connectivity index (χ4n) is 2.73. The average Bonchev–Trinajstić information content (AvgIpc) is 2.55. The quantitative estimate of drug-likeness (QED) is 0.684. The average molecular weight is 410 g/mol. The summed E-state index contributed by atoms with van der Waals surface area (Å²) < 4.78 is 27.8. The van der Waals surface area contributed by atoms with Gasteiger partial charge in [0.25, 0.3) is 15.9 Å². The molecule has 0 aliphatic carbocycles. The summed E-state index contributed by atoms with van der Waals surface area (Å²) in [6, 6.07) is 11.8. The lowest BCUT2D eigenvalue weighted by Crippen LogP contribution is -2.48. The van der Waals surface area contributed by atoms with Crippen molar-refractivity contribution in [3.05, 3.63) is 59.2 Å². The monoisotopic (exact) mass is 409 g/mol. The number of aryl methyl sites for hydroxylation is 2. The van der Waals surface area contributed by atoms with Gasteiger partial charge in [0.05, 0.1) is 4.90 Å². The van der Waals surface area contributed by atoms with Crippen molar-refractivity contribution in [2.45, 2.75) is 18.7 Å². The van der Waals surface area contributed by atoms with E-state index in [2.05, 4.69) is 15.4 Å². The molecule has 0 unspecified atom stereocenters. The SMILES string of the molecule is Cc1ccc(C)c(S(=O)(=O)Nc2ccc(C(=O)NCC3CNC3)cc2)c1.Cl. The number of amides is 1. The van der Waals surface area contributed by atoms with Gasteiger partial charge < -0.3 is 10.6 Å². The molecular formula is C19H24ClN3O3S. The minimum absolute atomic E-state index is 0. The highest BCUT2D eigenvalue weighted by atomic mass is 35.5. The number of halogens is 1. The molecule has 6 nitrogen and oxygen atoms in total. The zero-order chi connectivity index (χ0) is 18.7. The van der Waals surface area contributed by atoms with Gasteiger partial charge in [0.2, 0.25) is 0 Å². The molecule has 1 amide bonds. The van der Waals surface area contributed by atoms with Crippen LogP contribution in [0.4, 0.5) is 5.69 Å². The number of hydrogen-bond acceptors (Lipinski definition) is 4. The van der Waals surface area contributed by atoms with E-state index in [1.807, 2.05) is 13.0 Å². The molecule has 27 heavy (non-hydrogen) atoms. The first-order valence-corrected chi connectivity index (χ1v) is 10.0. The van der Waals surface area contributed by atoms with Gasteiger partial charge >= 0.3 is 0 Å². The van der Waals surface area contributed by atoms with Crippen LogP contribution in [0.2, 0.25) is 0 Å². The molecule has 0 radical (unpaired) electrons. The van der Waals surface area contributed by atoms with Crippen LogP contribution in [0, 0.1) is 19.8 Å². The molecule has 0 atom stereocenters. The third-order valence-corrected chi connectivity index (χ3v) is 5.97. The molecule has 2 aromatic rings. The smallest absolute Gasteiger partial charge is 0.262 e. The zero-order valence-electron chi connectivity index (χ0n) is 15.3. The van der Waals surface area contributed by atoms with E-state index in [9.17, 15) is 13.2 Å². The van der Waals surface area contributed by atoms with E-state index in [-0.39, 0.29) is 23.2 Å². The van der Waals surface area contributed by atoms with Crippen molar-refractivity contribution >= 4 is 34.0 Å². The zero-order valence-corrected chi connectivity index (χ0v) is 16.9. The molecule has 8 heteroatoms. The van der Waals surface area contributed by atoms with Crippen molar-refractivity contribution in [2.24, 2.45) is 5.92 Å². The molecule has 0 saturated carbocycles. The van der Waals surface area contributed by atoms with Crippen molar-refractivity contribution < 1.29 is 13.2 Å². The number of sulfonamides is 1. The van der Waals surface area contributed by atoms with Gasteiger partial charge in [-0.2, -0.15) is 0 Å². The summed E-state index contributed by atoms with van der Waals surface area (Å²) in [5.41, 5.74) is 2.49. The summed E-state index contributed by atoms with van der Waals surface area (Å²) in [6.45, 7) is 6.12. The van der Waals surface area contributed by atoms with Crippen LogP contribution in [0.3, 0.4) is 0 Å². The van der Waals surface area contributed by atoms with E-state index in [0.717, 1.165) is 18.7 Å². The number of rotatable bonds is 6. The van der Waals surface area contributed by atoms with E-state index in [0.29, 0.717) is 29.3 Å². The second kappa shape index (κ2) is 8.73. The van der Waals surface area contributed by atoms with Crippen LogP contribution >= 0.6 is 12.4 Å². The minimum Gasteiger partial charge on any atom is -0.352 e. The second-order valence-corrected chi connectivity index (χ2v) is 8.34. The summed E-state index contributed by atoms with van der Waals surface area (Å²) >= 11 is 0. The maximum Gasteiger partial charge on any atom is 0.262 e. The molecule has 1 aliphatic rings. The summed E-state index contributed by atoms with van der Waals surface area (Å²) in [5, 5.41) is 6.05. The molecule has 3 rings (SSSR count). The van der Waals surface area contributed by atoms with Gasteiger partial charge in [0.15, 0.2) is 0 Å². The second-order valence-electron chi connectivity index (χ2n) is 6.69. The molecule has 1 saturated heterocycles. The Morgan fingerprint density at radius 3 is 2.37 bits per heavy atom. The highest BCUT2D eigenvalue weighted by Gasteiger charge is 2.19. The number of carbonyl (C=O) groups is 1. The van der Waals surface area contributed by atoms with Crippen molar-refractivity contribution in [3.8, 4) is 0 Å². The Morgan fingerprint density at radius 2 is 1.78 bits per heavy atom. The summed E-state index contributed by atoms with van der Waals surface area (Å²) in [5.74, 6) is 0.337. The highest BCUT2D eigenvalue weighted by molar-refractivity contribution is 7.92. The van der Waals surface area contributed by atoms with Crippen LogP contribution in [0.5, 0.6) is 0 Å². The van der Waals surface area contributed by atoms with Crippen LogP contribution < -0.4 is 15.4 Å². The van der Waals surface area contributed by atoms with Crippen molar-refractivity contribution in [3.63, 3.8) is 0 Å². The Morgan fingerprint density at radius 1 is 1.11 bits per heavy atom. The lowest BCUT2D eigenvalue weighted by molar-refractivity contribution is 0.0942. The Kier molecular flexibility index (Phi) is 6.86. The number of nitrogens with one attached hydrogen (secondary N) is 3. The first-order chi connectivity index (χ1) is 12.3. The first kappa shape index (κ1) is 21.2. The molecule has 1 heterocycles. The highest BCUT2D eigenvalue weighted by Crippen LogP contribution is 2.21. The Balaban J connectivity index is 0.00000261. The van der Waals surface area contributed by atoms with Gasteiger partial charge in [-0.25, -0.2) is 8.42 Å². The van der Waals surface area contributed by atoms with Crippen molar-refractivity contribution in [2.75, 3.05) is 24.4 Å². The number of carbonyl (C=O) groups excluding carboxylic acids is 1. The van der Waals surface area contributed by atoms with Crippen LogP contribution in [-0.4, -0.2) is 34.0 Å². The number of hydrogen-bond donors (Lipinski definition) is 3. The first-order valence-electron chi connectivity index (χ1n) is 8.54. The van der Waals surface area contributed by atoms with E-state index < -0.39 is 10.0 Å².